The second-order valence-electron chi connectivity index (χ2n) is 8.64. The molecule has 0 radical (unpaired) electrons. The fourth-order valence-corrected chi connectivity index (χ4v) is 4.08. The maximum Gasteiger partial charge on any atom is 0.416 e. The summed E-state index contributed by atoms with van der Waals surface area (Å²) in [4.78, 5) is 4.43. The SMILES string of the molecule is CC(C)c1nc(-c2ccccc2Cl)c(C(O)c2nnn(Cc3cc(C(F)(F)F)cc(C(F)(F)F)c3)c2Cl)o1. The number of aliphatic hydroxyl groups excluding tert-OH is 1. The highest BCUT2D eigenvalue weighted by Gasteiger charge is 2.37. The van der Waals surface area contributed by atoms with Gasteiger partial charge < -0.3 is 9.52 Å². The molecule has 0 amide bonds. The third kappa shape index (κ3) is 5.67. The lowest BCUT2D eigenvalue weighted by Crippen LogP contribution is -2.13. The summed E-state index contributed by atoms with van der Waals surface area (Å²) in [5, 5.41) is 18.6. The summed E-state index contributed by atoms with van der Waals surface area (Å²) >= 11 is 12.6. The number of rotatable bonds is 6. The largest absolute Gasteiger partial charge is 0.442 e. The van der Waals surface area contributed by atoms with Crippen molar-refractivity contribution in [1.29, 1.82) is 0 Å². The summed E-state index contributed by atoms with van der Waals surface area (Å²) in [6.45, 7) is 3.04. The average molecular weight is 579 g/mol. The molecule has 14 heteroatoms. The maximum atomic E-state index is 13.2. The zero-order valence-electron chi connectivity index (χ0n) is 19.6. The maximum absolute atomic E-state index is 13.2. The van der Waals surface area contributed by atoms with Gasteiger partial charge in [-0.3, -0.25) is 0 Å². The normalized spacial score (nSPS) is 13.4. The van der Waals surface area contributed by atoms with Gasteiger partial charge >= 0.3 is 12.4 Å². The first-order valence-electron chi connectivity index (χ1n) is 11.0. The van der Waals surface area contributed by atoms with Crippen molar-refractivity contribution in [2.75, 3.05) is 0 Å². The van der Waals surface area contributed by atoms with Crippen LogP contribution < -0.4 is 0 Å². The predicted octanol–water partition coefficient (Wildman–Crippen LogP) is 7.53. The van der Waals surface area contributed by atoms with Crippen LogP contribution in [0.25, 0.3) is 11.3 Å². The molecule has 1 unspecified atom stereocenters. The van der Waals surface area contributed by atoms with E-state index in [-0.39, 0.29) is 45.7 Å². The van der Waals surface area contributed by atoms with E-state index in [1.807, 2.05) is 13.8 Å². The van der Waals surface area contributed by atoms with Gasteiger partial charge in [-0.05, 0) is 29.8 Å². The molecular weight excluding hydrogens is 561 g/mol. The molecule has 1 atom stereocenters. The fraction of sp³-hybridized carbons (Fsp3) is 0.292. The lowest BCUT2D eigenvalue weighted by molar-refractivity contribution is -0.143. The third-order valence-electron chi connectivity index (χ3n) is 5.48. The number of hydrogen-bond acceptors (Lipinski definition) is 5. The Morgan fingerprint density at radius 1 is 0.974 bits per heavy atom. The molecule has 0 bridgehead atoms. The molecule has 0 fully saturated rings. The standard InChI is InChI=1S/C24H18Cl2F6N4O2/c1-11(2)22-33-17(15-5-3-4-6-16(15)25)20(38-22)19(37)18-21(26)36(35-34-18)10-12-7-13(23(27,28)29)9-14(8-12)24(30,31)32/h3-9,11,19,37H,10H2,1-2H3. The highest BCUT2D eigenvalue weighted by atomic mass is 35.5. The van der Waals surface area contributed by atoms with Gasteiger partial charge in [0.25, 0.3) is 0 Å². The zero-order valence-corrected chi connectivity index (χ0v) is 21.1. The van der Waals surface area contributed by atoms with E-state index in [1.54, 1.807) is 24.3 Å². The van der Waals surface area contributed by atoms with E-state index in [1.165, 1.54) is 0 Å². The van der Waals surface area contributed by atoms with E-state index in [2.05, 4.69) is 15.3 Å². The topological polar surface area (TPSA) is 77.0 Å². The van der Waals surface area contributed by atoms with Gasteiger partial charge in [0.05, 0.1) is 22.7 Å². The van der Waals surface area contributed by atoms with Gasteiger partial charge in [-0.15, -0.1) is 5.10 Å². The van der Waals surface area contributed by atoms with Crippen LogP contribution in [0.1, 0.15) is 59.9 Å². The van der Waals surface area contributed by atoms with E-state index in [9.17, 15) is 31.4 Å². The average Bonchev–Trinajstić information content (AvgIpc) is 3.42. The Labute approximate surface area is 221 Å². The summed E-state index contributed by atoms with van der Waals surface area (Å²) in [5.41, 5.74) is -2.92. The fourth-order valence-electron chi connectivity index (χ4n) is 3.62. The van der Waals surface area contributed by atoms with Crippen LogP contribution in [0.15, 0.2) is 46.9 Å². The Hall–Kier alpha value is -3.09. The summed E-state index contributed by atoms with van der Waals surface area (Å²) in [6.07, 6.45) is -11.7. The number of nitrogens with zero attached hydrogens (tertiary/aromatic N) is 4. The van der Waals surface area contributed by atoms with Crippen LogP contribution in [0.2, 0.25) is 10.2 Å². The van der Waals surface area contributed by atoms with Crippen molar-refractivity contribution in [2.24, 2.45) is 0 Å². The van der Waals surface area contributed by atoms with Crippen molar-refractivity contribution in [2.45, 2.75) is 44.8 Å². The summed E-state index contributed by atoms with van der Waals surface area (Å²) in [5.74, 6) is 0.0439. The van der Waals surface area contributed by atoms with Gasteiger partial charge in [-0.1, -0.05) is 60.5 Å². The number of oxazole rings is 1. The second-order valence-corrected chi connectivity index (χ2v) is 9.40. The van der Waals surface area contributed by atoms with E-state index >= 15 is 0 Å². The Kier molecular flexibility index (Phi) is 7.52. The molecule has 2 aromatic carbocycles. The Morgan fingerprint density at radius 3 is 2.13 bits per heavy atom. The van der Waals surface area contributed by atoms with Gasteiger partial charge in [0, 0.05) is 11.5 Å². The monoisotopic (exact) mass is 578 g/mol. The summed E-state index contributed by atoms with van der Waals surface area (Å²) in [7, 11) is 0. The predicted molar refractivity (Wildman–Crippen MR) is 126 cm³/mol. The van der Waals surface area contributed by atoms with Crippen molar-refractivity contribution < 1.29 is 35.9 Å². The van der Waals surface area contributed by atoms with Crippen LogP contribution in [0.4, 0.5) is 26.3 Å². The smallest absolute Gasteiger partial charge is 0.416 e. The molecule has 2 heterocycles. The molecule has 4 aromatic rings. The van der Waals surface area contributed by atoms with Crippen LogP contribution in [0, 0.1) is 0 Å². The Balaban J connectivity index is 1.73. The van der Waals surface area contributed by atoms with Crippen molar-refractivity contribution in [3.63, 3.8) is 0 Å². The molecule has 0 aliphatic rings. The molecule has 0 aliphatic carbocycles. The number of alkyl halides is 6. The zero-order chi connectivity index (χ0) is 28.0. The molecule has 2 aromatic heterocycles. The lowest BCUT2D eigenvalue weighted by Gasteiger charge is -2.14. The van der Waals surface area contributed by atoms with Crippen LogP contribution in [-0.4, -0.2) is 25.1 Å². The van der Waals surface area contributed by atoms with Crippen molar-refractivity contribution in [3.05, 3.63) is 86.7 Å². The number of aromatic nitrogens is 4. The first-order valence-corrected chi connectivity index (χ1v) is 11.7. The minimum absolute atomic E-state index is 0.0219. The van der Waals surface area contributed by atoms with Gasteiger partial charge in [0.2, 0.25) is 0 Å². The minimum atomic E-state index is -5.01. The molecule has 1 N–H and O–H groups in total. The van der Waals surface area contributed by atoms with Crippen LogP contribution in [-0.2, 0) is 18.9 Å². The van der Waals surface area contributed by atoms with E-state index in [0.717, 1.165) is 4.68 Å². The van der Waals surface area contributed by atoms with Crippen LogP contribution >= 0.6 is 23.2 Å². The molecule has 0 aliphatic heterocycles. The molecule has 4 rings (SSSR count). The highest BCUT2D eigenvalue weighted by molar-refractivity contribution is 6.33. The second kappa shape index (κ2) is 10.2. The summed E-state index contributed by atoms with van der Waals surface area (Å²) in [6, 6.07) is 7.82. The first kappa shape index (κ1) is 27.9. The Bertz CT molecular complexity index is 1430. The molecule has 38 heavy (non-hydrogen) atoms. The molecule has 202 valence electrons. The van der Waals surface area contributed by atoms with Gasteiger partial charge in [-0.25, -0.2) is 9.67 Å². The molecule has 0 spiro atoms. The third-order valence-corrected chi connectivity index (χ3v) is 6.20. The van der Waals surface area contributed by atoms with Gasteiger partial charge in [0.15, 0.2) is 22.9 Å². The van der Waals surface area contributed by atoms with E-state index in [0.29, 0.717) is 22.7 Å². The van der Waals surface area contributed by atoms with Crippen LogP contribution in [0.5, 0.6) is 0 Å². The molecule has 6 nitrogen and oxygen atoms in total. The molecule has 0 saturated heterocycles. The van der Waals surface area contributed by atoms with Gasteiger partial charge in [-0.2, -0.15) is 26.3 Å². The molecule has 0 saturated carbocycles. The van der Waals surface area contributed by atoms with Crippen molar-refractivity contribution in [1.82, 2.24) is 20.0 Å². The highest BCUT2D eigenvalue weighted by Crippen LogP contribution is 2.39. The molecular formula is C24H18Cl2F6N4O2. The lowest BCUT2D eigenvalue weighted by atomic mass is 10.0. The van der Waals surface area contributed by atoms with Crippen molar-refractivity contribution in [3.8, 4) is 11.3 Å². The van der Waals surface area contributed by atoms with E-state index < -0.39 is 36.1 Å². The quantitative estimate of drug-likeness (QED) is 0.239. The number of hydrogen-bond donors (Lipinski definition) is 1. The first-order chi connectivity index (χ1) is 17.7. The number of benzene rings is 2. The van der Waals surface area contributed by atoms with E-state index in [4.69, 9.17) is 27.6 Å². The minimum Gasteiger partial charge on any atom is -0.442 e. The number of aliphatic hydroxyl groups is 1. The van der Waals surface area contributed by atoms with Crippen LogP contribution in [0.3, 0.4) is 0 Å². The summed E-state index contributed by atoms with van der Waals surface area (Å²) < 4.78 is 86.0. The van der Waals surface area contributed by atoms with Crippen molar-refractivity contribution >= 4 is 23.2 Å². The number of halogens is 8. The Morgan fingerprint density at radius 2 is 1.58 bits per heavy atom. The van der Waals surface area contributed by atoms with Gasteiger partial charge in [0.1, 0.15) is 11.4 Å².